The van der Waals surface area contributed by atoms with E-state index in [4.69, 9.17) is 14.5 Å². The van der Waals surface area contributed by atoms with Crippen molar-refractivity contribution in [1.82, 2.24) is 14.5 Å². The molecule has 1 aliphatic heterocycles. The van der Waals surface area contributed by atoms with Gasteiger partial charge in [0.2, 0.25) is 0 Å². The summed E-state index contributed by atoms with van der Waals surface area (Å²) in [7, 11) is 1.57. The first kappa shape index (κ1) is 21.1. The van der Waals surface area contributed by atoms with E-state index in [-0.39, 0.29) is 23.2 Å². The number of rotatable bonds is 7. The third-order valence-electron chi connectivity index (χ3n) is 5.45. The molecule has 1 fully saturated rings. The normalized spacial score (nSPS) is 16.1. The zero-order valence-corrected chi connectivity index (χ0v) is 19.1. The van der Waals surface area contributed by atoms with E-state index in [9.17, 15) is 9.59 Å². The molecule has 0 radical (unpaired) electrons. The van der Waals surface area contributed by atoms with Crippen molar-refractivity contribution in [3.63, 3.8) is 0 Å². The van der Waals surface area contributed by atoms with Crippen molar-refractivity contribution in [3.05, 3.63) is 58.5 Å². The van der Waals surface area contributed by atoms with Crippen molar-refractivity contribution in [2.75, 3.05) is 19.5 Å². The van der Waals surface area contributed by atoms with Crippen molar-refractivity contribution >= 4 is 49.3 Å². The third-order valence-corrected chi connectivity index (χ3v) is 7.52. The molecule has 0 bridgehead atoms. The van der Waals surface area contributed by atoms with Crippen LogP contribution in [0.3, 0.4) is 0 Å². The number of benzene rings is 1. The van der Waals surface area contributed by atoms with Crippen molar-refractivity contribution in [2.45, 2.75) is 30.6 Å². The maximum atomic E-state index is 13.4. The number of methoxy groups -OCH3 is 1. The Balaban J connectivity index is 1.52. The lowest BCUT2D eigenvalue weighted by atomic mass is 10.1. The number of nitrogens with zero attached hydrogens (tertiary/aromatic N) is 3. The highest BCUT2D eigenvalue weighted by Gasteiger charge is 2.22. The second kappa shape index (κ2) is 9.01. The van der Waals surface area contributed by atoms with Gasteiger partial charge in [-0.25, -0.2) is 9.97 Å². The van der Waals surface area contributed by atoms with E-state index in [2.05, 4.69) is 4.98 Å². The molecule has 164 valence electrons. The van der Waals surface area contributed by atoms with Crippen LogP contribution >= 0.6 is 23.1 Å². The fourth-order valence-electron chi connectivity index (χ4n) is 3.81. The van der Waals surface area contributed by atoms with Crippen LogP contribution in [0.4, 0.5) is 0 Å². The largest absolute Gasteiger partial charge is 0.497 e. The standard InChI is InChI=1S/C23H21N3O4S2/c1-29-15-6-2-5-14(11-15)18(27)13-31-23-25-19-17-8-3-9-24-21(17)32-20(19)22(28)26(23)12-16-7-4-10-30-16/h2-3,5-6,8-9,11,16H,4,7,10,12-13H2,1H3/t16-/m0/s1. The molecule has 0 saturated carbocycles. The summed E-state index contributed by atoms with van der Waals surface area (Å²) in [4.78, 5) is 36.3. The van der Waals surface area contributed by atoms with Gasteiger partial charge in [0.25, 0.3) is 5.56 Å². The van der Waals surface area contributed by atoms with Gasteiger partial charge in [0.15, 0.2) is 10.9 Å². The number of fused-ring (bicyclic) bond motifs is 3. The average Bonchev–Trinajstić information content (AvgIpc) is 3.47. The molecule has 0 spiro atoms. The Hall–Kier alpha value is -2.75. The quantitative estimate of drug-likeness (QED) is 0.229. The summed E-state index contributed by atoms with van der Waals surface area (Å²) < 4.78 is 13.2. The highest BCUT2D eigenvalue weighted by molar-refractivity contribution is 7.99. The van der Waals surface area contributed by atoms with Crippen LogP contribution in [-0.2, 0) is 11.3 Å². The van der Waals surface area contributed by atoms with Gasteiger partial charge in [0, 0.05) is 23.8 Å². The Bertz CT molecular complexity index is 1360. The number of carbonyl (C=O) groups excluding carboxylic acids is 1. The Labute approximate surface area is 192 Å². The molecular weight excluding hydrogens is 446 g/mol. The molecule has 7 nitrogen and oxygen atoms in total. The molecule has 1 atom stereocenters. The number of ether oxygens (including phenoxy) is 2. The van der Waals surface area contributed by atoms with Crippen LogP contribution in [0.2, 0.25) is 0 Å². The summed E-state index contributed by atoms with van der Waals surface area (Å²) in [5.74, 6) is 0.744. The number of aromatic nitrogens is 3. The molecule has 1 aromatic carbocycles. The summed E-state index contributed by atoms with van der Waals surface area (Å²) >= 11 is 2.63. The van der Waals surface area contributed by atoms with Crippen LogP contribution in [0.5, 0.6) is 5.75 Å². The van der Waals surface area contributed by atoms with Gasteiger partial charge in [-0.2, -0.15) is 0 Å². The van der Waals surface area contributed by atoms with E-state index in [1.165, 1.54) is 23.1 Å². The molecule has 3 aromatic heterocycles. The number of hydrogen-bond donors (Lipinski definition) is 0. The van der Waals surface area contributed by atoms with E-state index in [1.807, 2.05) is 12.1 Å². The SMILES string of the molecule is COc1cccc(C(=O)CSc2nc3c(sc4ncccc43)c(=O)n2C[C@@H]2CCCO2)c1. The lowest BCUT2D eigenvalue weighted by Crippen LogP contribution is -2.28. The molecular formula is C23H21N3O4S2. The van der Waals surface area contributed by atoms with Crippen LogP contribution in [0.15, 0.2) is 52.5 Å². The lowest BCUT2D eigenvalue weighted by Gasteiger charge is -2.15. The molecule has 4 heterocycles. The molecule has 32 heavy (non-hydrogen) atoms. The fourth-order valence-corrected chi connectivity index (χ4v) is 5.74. The number of thioether (sulfide) groups is 1. The smallest absolute Gasteiger partial charge is 0.272 e. The molecule has 1 aliphatic rings. The van der Waals surface area contributed by atoms with Crippen molar-refractivity contribution in [2.24, 2.45) is 0 Å². The summed E-state index contributed by atoms with van der Waals surface area (Å²) in [5.41, 5.74) is 1.10. The van der Waals surface area contributed by atoms with Crippen molar-refractivity contribution < 1.29 is 14.3 Å². The van der Waals surface area contributed by atoms with Crippen LogP contribution in [0.1, 0.15) is 23.2 Å². The number of Topliss-reactive ketones (excluding diaryl/α,β-unsaturated/α-hetero) is 1. The minimum absolute atomic E-state index is 0.0205. The van der Waals surface area contributed by atoms with Crippen LogP contribution in [0, 0.1) is 0 Å². The Morgan fingerprint density at radius 1 is 1.34 bits per heavy atom. The molecule has 4 aromatic rings. The molecule has 9 heteroatoms. The highest BCUT2D eigenvalue weighted by Crippen LogP contribution is 2.31. The third kappa shape index (κ3) is 4.03. The summed E-state index contributed by atoms with van der Waals surface area (Å²) in [6.07, 6.45) is 3.59. The van der Waals surface area contributed by atoms with Gasteiger partial charge in [-0.1, -0.05) is 23.9 Å². The van der Waals surface area contributed by atoms with E-state index >= 15 is 0 Å². The minimum Gasteiger partial charge on any atom is -0.497 e. The van der Waals surface area contributed by atoms with Gasteiger partial charge in [0.05, 0.1) is 31.0 Å². The molecule has 0 aliphatic carbocycles. The molecule has 0 amide bonds. The second-order valence-corrected chi connectivity index (χ2v) is 9.47. The molecule has 5 rings (SSSR count). The Kier molecular flexibility index (Phi) is 5.95. The fraction of sp³-hybridized carbons (Fsp3) is 0.304. The predicted molar refractivity (Wildman–Crippen MR) is 126 cm³/mol. The van der Waals surface area contributed by atoms with Gasteiger partial charge < -0.3 is 9.47 Å². The first-order chi connectivity index (χ1) is 15.6. The topological polar surface area (TPSA) is 83.3 Å². The average molecular weight is 468 g/mol. The van der Waals surface area contributed by atoms with Crippen molar-refractivity contribution in [1.29, 1.82) is 0 Å². The second-order valence-electron chi connectivity index (χ2n) is 7.52. The summed E-state index contributed by atoms with van der Waals surface area (Å²) in [6, 6.07) is 10.8. The minimum atomic E-state index is -0.107. The van der Waals surface area contributed by atoms with Crippen LogP contribution in [-0.4, -0.2) is 45.9 Å². The van der Waals surface area contributed by atoms with E-state index in [0.29, 0.717) is 39.8 Å². The van der Waals surface area contributed by atoms with Gasteiger partial charge >= 0.3 is 0 Å². The molecule has 0 N–H and O–H groups in total. The molecule has 0 unspecified atom stereocenters. The number of carbonyl (C=O) groups is 1. The first-order valence-electron chi connectivity index (χ1n) is 10.3. The lowest BCUT2D eigenvalue weighted by molar-refractivity contribution is 0.0938. The molecule has 1 saturated heterocycles. The number of pyridine rings is 1. The first-order valence-corrected chi connectivity index (χ1v) is 12.1. The Morgan fingerprint density at radius 3 is 3.06 bits per heavy atom. The van der Waals surface area contributed by atoms with Gasteiger partial charge in [-0.05, 0) is 37.1 Å². The van der Waals surface area contributed by atoms with E-state index in [1.54, 1.807) is 42.1 Å². The highest BCUT2D eigenvalue weighted by atomic mass is 32.2. The van der Waals surface area contributed by atoms with Crippen LogP contribution in [0.25, 0.3) is 20.4 Å². The predicted octanol–water partition coefficient (Wildman–Crippen LogP) is 4.17. The van der Waals surface area contributed by atoms with Gasteiger partial charge in [-0.15, -0.1) is 11.3 Å². The van der Waals surface area contributed by atoms with Gasteiger partial charge in [0.1, 0.15) is 15.3 Å². The van der Waals surface area contributed by atoms with Gasteiger partial charge in [-0.3, -0.25) is 14.2 Å². The number of thiophene rings is 1. The van der Waals surface area contributed by atoms with Crippen LogP contribution < -0.4 is 10.3 Å². The summed E-state index contributed by atoms with van der Waals surface area (Å²) in [5, 5.41) is 1.38. The van der Waals surface area contributed by atoms with E-state index in [0.717, 1.165) is 23.1 Å². The number of hydrogen-bond acceptors (Lipinski definition) is 8. The van der Waals surface area contributed by atoms with E-state index < -0.39 is 0 Å². The zero-order valence-electron chi connectivity index (χ0n) is 17.4. The monoisotopic (exact) mass is 467 g/mol. The zero-order chi connectivity index (χ0) is 22.1. The maximum Gasteiger partial charge on any atom is 0.272 e. The Morgan fingerprint density at radius 2 is 2.25 bits per heavy atom. The number of ketones is 1. The van der Waals surface area contributed by atoms with Crippen molar-refractivity contribution in [3.8, 4) is 5.75 Å². The maximum absolute atomic E-state index is 13.4. The summed E-state index contributed by atoms with van der Waals surface area (Å²) in [6.45, 7) is 1.14.